The molecule has 2 saturated carbocycles. The summed E-state index contributed by atoms with van der Waals surface area (Å²) in [5.41, 5.74) is 0.600. The molecule has 2 fully saturated rings. The summed E-state index contributed by atoms with van der Waals surface area (Å²) in [6, 6.07) is 6.72. The molecule has 0 N–H and O–H groups in total. The number of hydrogen-bond acceptors (Lipinski definition) is 6. The van der Waals surface area contributed by atoms with Crippen molar-refractivity contribution in [3.05, 3.63) is 24.3 Å². The number of hydrogen-bond donors (Lipinski definition) is 0. The summed E-state index contributed by atoms with van der Waals surface area (Å²) in [5.74, 6) is 0.770. The SMILES string of the molecule is O=C(CSc1nnc(-c2ccc(OC(F)F)cc2)o1)N(C1CCCCC1)C1CCCCC1. The summed E-state index contributed by atoms with van der Waals surface area (Å²) in [7, 11) is 0. The van der Waals surface area contributed by atoms with Crippen molar-refractivity contribution >= 4 is 17.7 Å². The first-order valence-electron chi connectivity index (χ1n) is 11.4. The van der Waals surface area contributed by atoms with Gasteiger partial charge in [0, 0.05) is 17.6 Å². The monoisotopic (exact) mass is 465 g/mol. The van der Waals surface area contributed by atoms with E-state index in [0.29, 0.717) is 22.9 Å². The second kappa shape index (κ2) is 11.1. The Morgan fingerprint density at radius 3 is 2.16 bits per heavy atom. The molecule has 0 bridgehead atoms. The predicted molar refractivity (Wildman–Crippen MR) is 118 cm³/mol. The van der Waals surface area contributed by atoms with E-state index in [4.69, 9.17) is 4.42 Å². The van der Waals surface area contributed by atoms with Gasteiger partial charge in [-0.2, -0.15) is 8.78 Å². The molecule has 9 heteroatoms. The smallest absolute Gasteiger partial charge is 0.387 e. The van der Waals surface area contributed by atoms with Crippen LogP contribution in [0.4, 0.5) is 8.78 Å². The van der Waals surface area contributed by atoms with Crippen LogP contribution in [0.15, 0.2) is 33.9 Å². The molecule has 32 heavy (non-hydrogen) atoms. The molecule has 0 unspecified atom stereocenters. The summed E-state index contributed by atoms with van der Waals surface area (Å²) >= 11 is 1.26. The van der Waals surface area contributed by atoms with E-state index < -0.39 is 6.61 Å². The Labute approximate surface area is 191 Å². The van der Waals surface area contributed by atoms with E-state index in [1.165, 1.54) is 62.4 Å². The number of rotatable bonds is 8. The molecule has 0 radical (unpaired) electrons. The van der Waals surface area contributed by atoms with E-state index in [9.17, 15) is 13.6 Å². The second-order valence-electron chi connectivity index (χ2n) is 8.45. The Morgan fingerprint density at radius 1 is 1.00 bits per heavy atom. The summed E-state index contributed by atoms with van der Waals surface area (Å²) in [4.78, 5) is 15.4. The minimum Gasteiger partial charge on any atom is -0.435 e. The number of halogens is 2. The Balaban J connectivity index is 1.37. The van der Waals surface area contributed by atoms with Gasteiger partial charge in [0.2, 0.25) is 11.8 Å². The van der Waals surface area contributed by atoms with E-state index in [-0.39, 0.29) is 23.3 Å². The van der Waals surface area contributed by atoms with Crippen LogP contribution in [0.5, 0.6) is 5.75 Å². The van der Waals surface area contributed by atoms with E-state index in [1.807, 2.05) is 0 Å². The number of carbonyl (C=O) groups is 1. The molecule has 0 saturated heterocycles. The molecule has 1 aromatic carbocycles. The molecular formula is C23H29F2N3O3S. The number of ether oxygens (including phenoxy) is 1. The fraction of sp³-hybridized carbons (Fsp3) is 0.609. The first kappa shape index (κ1) is 23.0. The first-order chi connectivity index (χ1) is 15.6. The molecule has 1 amide bonds. The standard InChI is InChI=1S/C23H29F2N3O3S/c24-22(25)30-19-13-11-16(12-14-19)21-26-27-23(31-21)32-15-20(29)28(17-7-3-1-4-8-17)18-9-5-2-6-10-18/h11-14,17-18,22H,1-10,15H2. The second-order valence-corrected chi connectivity index (χ2v) is 9.38. The number of thioether (sulfide) groups is 1. The lowest BCUT2D eigenvalue weighted by Crippen LogP contribution is -2.49. The van der Waals surface area contributed by atoms with Crippen LogP contribution in [0.25, 0.3) is 11.5 Å². The van der Waals surface area contributed by atoms with Crippen molar-refractivity contribution < 1.29 is 22.7 Å². The van der Waals surface area contributed by atoms with Gasteiger partial charge in [0.1, 0.15) is 5.75 Å². The zero-order valence-corrected chi connectivity index (χ0v) is 18.9. The zero-order valence-electron chi connectivity index (χ0n) is 18.1. The molecule has 1 heterocycles. The van der Waals surface area contributed by atoms with Crippen LogP contribution in [0, 0.1) is 0 Å². The van der Waals surface area contributed by atoms with Crippen LogP contribution < -0.4 is 4.74 Å². The highest BCUT2D eigenvalue weighted by atomic mass is 32.2. The van der Waals surface area contributed by atoms with Crippen molar-refractivity contribution in [1.29, 1.82) is 0 Å². The van der Waals surface area contributed by atoms with Gasteiger partial charge in [0.05, 0.1) is 5.75 Å². The van der Waals surface area contributed by atoms with Gasteiger partial charge in [0.15, 0.2) is 0 Å². The van der Waals surface area contributed by atoms with Gasteiger partial charge in [-0.3, -0.25) is 4.79 Å². The highest BCUT2D eigenvalue weighted by molar-refractivity contribution is 7.99. The van der Waals surface area contributed by atoms with E-state index >= 15 is 0 Å². The number of alkyl halides is 2. The summed E-state index contributed by atoms with van der Waals surface area (Å²) in [6.45, 7) is -2.87. The lowest BCUT2D eigenvalue weighted by Gasteiger charge is -2.41. The third-order valence-corrected chi connectivity index (χ3v) is 7.08. The number of carbonyl (C=O) groups excluding carboxylic acids is 1. The van der Waals surface area contributed by atoms with Gasteiger partial charge in [-0.1, -0.05) is 50.3 Å². The highest BCUT2D eigenvalue weighted by Gasteiger charge is 2.32. The fourth-order valence-electron chi connectivity index (χ4n) is 4.79. The van der Waals surface area contributed by atoms with E-state index in [2.05, 4.69) is 19.8 Å². The molecule has 2 aliphatic rings. The average molecular weight is 466 g/mol. The van der Waals surface area contributed by atoms with Crippen LogP contribution >= 0.6 is 11.8 Å². The molecule has 0 atom stereocenters. The summed E-state index contributed by atoms with van der Waals surface area (Å²) < 4.78 is 34.6. The number of nitrogens with zero attached hydrogens (tertiary/aromatic N) is 3. The molecule has 4 rings (SSSR count). The molecule has 174 valence electrons. The van der Waals surface area contributed by atoms with Gasteiger partial charge in [-0.25, -0.2) is 0 Å². The van der Waals surface area contributed by atoms with Crippen LogP contribution in [0.3, 0.4) is 0 Å². The Morgan fingerprint density at radius 2 is 1.59 bits per heavy atom. The molecule has 2 aliphatic carbocycles. The van der Waals surface area contributed by atoms with Crippen molar-refractivity contribution in [2.75, 3.05) is 5.75 Å². The van der Waals surface area contributed by atoms with Crippen molar-refractivity contribution in [3.8, 4) is 17.2 Å². The van der Waals surface area contributed by atoms with Crippen LogP contribution in [-0.4, -0.2) is 45.5 Å². The van der Waals surface area contributed by atoms with Crippen LogP contribution in [0.1, 0.15) is 64.2 Å². The Kier molecular flexibility index (Phi) is 8.00. The summed E-state index contributed by atoms with van der Waals surface area (Å²) in [6.07, 6.45) is 11.7. The maximum atomic E-state index is 13.3. The lowest BCUT2D eigenvalue weighted by molar-refractivity contribution is -0.135. The Hall–Kier alpha value is -2.16. The zero-order chi connectivity index (χ0) is 22.3. The first-order valence-corrected chi connectivity index (χ1v) is 12.4. The largest absolute Gasteiger partial charge is 0.435 e. The Bertz CT molecular complexity index is 848. The van der Waals surface area contributed by atoms with Crippen molar-refractivity contribution in [1.82, 2.24) is 15.1 Å². The third kappa shape index (κ3) is 5.99. The van der Waals surface area contributed by atoms with Crippen LogP contribution in [-0.2, 0) is 4.79 Å². The summed E-state index contributed by atoms with van der Waals surface area (Å²) in [5, 5.41) is 8.40. The van der Waals surface area contributed by atoms with Gasteiger partial charge >= 0.3 is 6.61 Å². The van der Waals surface area contributed by atoms with Crippen molar-refractivity contribution in [2.45, 2.75) is 88.1 Å². The average Bonchev–Trinajstić information content (AvgIpc) is 3.29. The molecule has 1 aromatic heterocycles. The van der Waals surface area contributed by atoms with Gasteiger partial charge < -0.3 is 14.1 Å². The predicted octanol–water partition coefficient (Wildman–Crippen LogP) is 5.92. The number of benzene rings is 1. The topological polar surface area (TPSA) is 68.5 Å². The highest BCUT2D eigenvalue weighted by Crippen LogP contribution is 2.32. The minimum absolute atomic E-state index is 0.0639. The van der Waals surface area contributed by atoms with E-state index in [1.54, 1.807) is 12.1 Å². The van der Waals surface area contributed by atoms with Crippen molar-refractivity contribution in [3.63, 3.8) is 0 Å². The van der Waals surface area contributed by atoms with E-state index in [0.717, 1.165) is 25.7 Å². The molecule has 2 aromatic rings. The molecule has 6 nitrogen and oxygen atoms in total. The fourth-order valence-corrected chi connectivity index (χ4v) is 5.42. The van der Waals surface area contributed by atoms with Gasteiger partial charge in [0.25, 0.3) is 5.22 Å². The molecule has 0 spiro atoms. The quantitative estimate of drug-likeness (QED) is 0.451. The third-order valence-electron chi connectivity index (χ3n) is 6.28. The minimum atomic E-state index is -2.87. The molecular weight excluding hydrogens is 436 g/mol. The maximum Gasteiger partial charge on any atom is 0.387 e. The van der Waals surface area contributed by atoms with Crippen molar-refractivity contribution in [2.24, 2.45) is 0 Å². The lowest BCUT2D eigenvalue weighted by atomic mass is 9.88. The van der Waals surface area contributed by atoms with Crippen LogP contribution in [0.2, 0.25) is 0 Å². The number of aromatic nitrogens is 2. The van der Waals surface area contributed by atoms with Gasteiger partial charge in [-0.15, -0.1) is 10.2 Å². The number of amides is 1. The molecule has 0 aliphatic heterocycles. The maximum absolute atomic E-state index is 13.3. The normalized spacial score (nSPS) is 18.1. The van der Waals surface area contributed by atoms with Gasteiger partial charge in [-0.05, 0) is 49.9 Å².